The molecule has 1 aliphatic carbocycles. The lowest BCUT2D eigenvalue weighted by Gasteiger charge is -2.37. The number of carbonyl (C=O) groups is 2. The fraction of sp³-hybridized carbons (Fsp3) is 0.545. The van der Waals surface area contributed by atoms with E-state index in [2.05, 4.69) is 5.32 Å². The normalized spacial score (nSPS) is 23.7. The first-order chi connectivity index (χ1) is 14.1. The molecule has 0 unspecified atom stereocenters. The molecule has 29 heavy (non-hydrogen) atoms. The van der Waals surface area contributed by atoms with Gasteiger partial charge < -0.3 is 24.6 Å². The molecule has 3 atom stereocenters. The van der Waals surface area contributed by atoms with Gasteiger partial charge in [-0.3, -0.25) is 4.79 Å². The van der Waals surface area contributed by atoms with Gasteiger partial charge in [-0.25, -0.2) is 4.79 Å². The number of ether oxygens (including phenoxy) is 3. The molecule has 1 aromatic rings. The number of allylic oxidation sites excluding steroid dienone is 1. The van der Waals surface area contributed by atoms with Crippen molar-refractivity contribution in [3.05, 3.63) is 47.2 Å². The van der Waals surface area contributed by atoms with E-state index < -0.39 is 12.3 Å². The van der Waals surface area contributed by atoms with E-state index in [1.807, 2.05) is 25.1 Å². The van der Waals surface area contributed by atoms with Crippen LogP contribution in [0.5, 0.6) is 0 Å². The number of esters is 1. The van der Waals surface area contributed by atoms with Gasteiger partial charge in [-0.2, -0.15) is 0 Å². The Bertz CT molecular complexity index is 740. The fourth-order valence-electron chi connectivity index (χ4n) is 3.59. The standard InChI is InChI=1S/C22H29NO6/c1-3-28-22-17(5-4-12-24)18(13-19(29-22)20(25)23-16-10-11-16)14-6-8-15(9-7-14)21(26)27-2/h6-9,13,16-18,22,24H,3-5,10-12H2,1-2H3,(H,23,25)/t17-,18-,22-/m1/s1. The van der Waals surface area contributed by atoms with Crippen LogP contribution in [0.2, 0.25) is 0 Å². The Balaban J connectivity index is 1.91. The molecule has 7 nitrogen and oxygen atoms in total. The predicted octanol–water partition coefficient (Wildman–Crippen LogP) is 2.50. The highest BCUT2D eigenvalue weighted by molar-refractivity contribution is 5.92. The van der Waals surface area contributed by atoms with Crippen molar-refractivity contribution in [3.63, 3.8) is 0 Å². The first-order valence-corrected chi connectivity index (χ1v) is 10.2. The number of hydrogen-bond donors (Lipinski definition) is 2. The lowest BCUT2D eigenvalue weighted by atomic mass is 9.80. The summed E-state index contributed by atoms with van der Waals surface area (Å²) in [4.78, 5) is 24.4. The third kappa shape index (κ3) is 5.36. The van der Waals surface area contributed by atoms with Crippen LogP contribution in [0, 0.1) is 5.92 Å². The van der Waals surface area contributed by atoms with Crippen LogP contribution in [0.1, 0.15) is 54.4 Å². The maximum absolute atomic E-state index is 12.6. The van der Waals surface area contributed by atoms with E-state index in [0.717, 1.165) is 18.4 Å². The van der Waals surface area contributed by atoms with Crippen molar-refractivity contribution >= 4 is 11.9 Å². The van der Waals surface area contributed by atoms with Crippen LogP contribution < -0.4 is 5.32 Å². The van der Waals surface area contributed by atoms with Crippen LogP contribution in [0.15, 0.2) is 36.1 Å². The van der Waals surface area contributed by atoms with E-state index >= 15 is 0 Å². The highest BCUT2D eigenvalue weighted by Gasteiger charge is 2.38. The second-order valence-electron chi connectivity index (χ2n) is 7.39. The van der Waals surface area contributed by atoms with Crippen molar-refractivity contribution < 1.29 is 28.9 Å². The highest BCUT2D eigenvalue weighted by Crippen LogP contribution is 2.39. The van der Waals surface area contributed by atoms with Crippen LogP contribution in [-0.2, 0) is 19.0 Å². The molecule has 158 valence electrons. The van der Waals surface area contributed by atoms with Crippen molar-refractivity contribution in [3.8, 4) is 0 Å². The van der Waals surface area contributed by atoms with Gasteiger partial charge >= 0.3 is 5.97 Å². The van der Waals surface area contributed by atoms with Gasteiger partial charge in [0, 0.05) is 31.1 Å². The molecule has 0 bridgehead atoms. The van der Waals surface area contributed by atoms with Crippen molar-refractivity contribution in [2.75, 3.05) is 20.3 Å². The first-order valence-electron chi connectivity index (χ1n) is 10.2. The molecule has 1 aliphatic heterocycles. The average molecular weight is 403 g/mol. The van der Waals surface area contributed by atoms with E-state index in [1.54, 1.807) is 12.1 Å². The van der Waals surface area contributed by atoms with E-state index in [4.69, 9.17) is 14.2 Å². The molecule has 1 fully saturated rings. The Morgan fingerprint density at radius 1 is 1.24 bits per heavy atom. The number of benzene rings is 1. The van der Waals surface area contributed by atoms with Gasteiger partial charge in [0.15, 0.2) is 5.76 Å². The quantitative estimate of drug-likeness (QED) is 0.616. The van der Waals surface area contributed by atoms with Crippen LogP contribution >= 0.6 is 0 Å². The number of hydrogen-bond acceptors (Lipinski definition) is 6. The number of rotatable bonds is 9. The van der Waals surface area contributed by atoms with Crippen molar-refractivity contribution in [1.82, 2.24) is 5.32 Å². The number of methoxy groups -OCH3 is 1. The molecule has 1 amide bonds. The Labute approximate surface area is 171 Å². The molecule has 0 spiro atoms. The maximum Gasteiger partial charge on any atom is 0.337 e. The molecule has 7 heteroatoms. The topological polar surface area (TPSA) is 94.1 Å². The maximum atomic E-state index is 12.6. The zero-order chi connectivity index (χ0) is 20.8. The summed E-state index contributed by atoms with van der Waals surface area (Å²) >= 11 is 0. The van der Waals surface area contributed by atoms with Gasteiger partial charge in [-0.15, -0.1) is 0 Å². The summed E-state index contributed by atoms with van der Waals surface area (Å²) in [6, 6.07) is 7.39. The van der Waals surface area contributed by atoms with Gasteiger partial charge in [0.05, 0.1) is 12.7 Å². The molecular formula is C22H29NO6. The van der Waals surface area contributed by atoms with Crippen LogP contribution in [0.25, 0.3) is 0 Å². The Hall–Kier alpha value is -2.38. The summed E-state index contributed by atoms with van der Waals surface area (Å²) in [5.74, 6) is -0.568. The first kappa shape index (κ1) is 21.3. The summed E-state index contributed by atoms with van der Waals surface area (Å²) in [6.45, 7) is 2.41. The summed E-state index contributed by atoms with van der Waals surface area (Å²) in [7, 11) is 1.35. The Kier molecular flexibility index (Phi) is 7.28. The molecule has 0 saturated heterocycles. The molecule has 1 heterocycles. The number of aliphatic hydroxyl groups is 1. The SMILES string of the molecule is CCO[C@@H]1OC(C(=O)NC2CC2)=C[C@H](c2ccc(C(=O)OC)cc2)[C@H]1CCCO. The van der Waals surface area contributed by atoms with Gasteiger partial charge in [-0.05, 0) is 56.4 Å². The Morgan fingerprint density at radius 2 is 1.97 bits per heavy atom. The zero-order valence-electron chi connectivity index (χ0n) is 16.9. The van der Waals surface area contributed by atoms with Crippen molar-refractivity contribution in [1.29, 1.82) is 0 Å². The van der Waals surface area contributed by atoms with Gasteiger partial charge in [0.25, 0.3) is 5.91 Å². The summed E-state index contributed by atoms with van der Waals surface area (Å²) in [5, 5.41) is 12.3. The molecule has 0 radical (unpaired) electrons. The molecule has 2 N–H and O–H groups in total. The van der Waals surface area contributed by atoms with E-state index in [0.29, 0.717) is 25.0 Å². The summed E-state index contributed by atoms with van der Waals surface area (Å²) in [6.07, 6.45) is 4.52. The van der Waals surface area contributed by atoms with E-state index in [1.165, 1.54) is 7.11 Å². The molecule has 3 rings (SSSR count). The minimum absolute atomic E-state index is 0.0662. The number of amides is 1. The number of aliphatic hydroxyl groups excluding tert-OH is 1. The molecule has 1 aromatic carbocycles. The summed E-state index contributed by atoms with van der Waals surface area (Å²) in [5.41, 5.74) is 1.41. The number of nitrogens with one attached hydrogen (secondary N) is 1. The largest absolute Gasteiger partial charge is 0.465 e. The third-order valence-corrected chi connectivity index (χ3v) is 5.26. The Morgan fingerprint density at radius 3 is 2.55 bits per heavy atom. The van der Waals surface area contributed by atoms with Gasteiger partial charge in [0.1, 0.15) is 0 Å². The minimum atomic E-state index is -0.582. The highest BCUT2D eigenvalue weighted by atomic mass is 16.7. The van der Waals surface area contributed by atoms with E-state index in [-0.39, 0.29) is 36.2 Å². The second kappa shape index (κ2) is 9.89. The third-order valence-electron chi connectivity index (χ3n) is 5.26. The van der Waals surface area contributed by atoms with Gasteiger partial charge in [-0.1, -0.05) is 12.1 Å². The average Bonchev–Trinajstić information content (AvgIpc) is 3.56. The molecular weight excluding hydrogens is 374 g/mol. The second-order valence-corrected chi connectivity index (χ2v) is 7.39. The molecule has 0 aromatic heterocycles. The lowest BCUT2D eigenvalue weighted by Crippen LogP contribution is -2.39. The van der Waals surface area contributed by atoms with E-state index in [9.17, 15) is 14.7 Å². The summed E-state index contributed by atoms with van der Waals surface area (Å²) < 4.78 is 16.5. The van der Waals surface area contributed by atoms with Crippen molar-refractivity contribution in [2.24, 2.45) is 5.92 Å². The van der Waals surface area contributed by atoms with Crippen molar-refractivity contribution in [2.45, 2.75) is 50.9 Å². The predicted molar refractivity (Wildman–Crippen MR) is 106 cm³/mol. The lowest BCUT2D eigenvalue weighted by molar-refractivity contribution is -0.166. The zero-order valence-corrected chi connectivity index (χ0v) is 16.9. The van der Waals surface area contributed by atoms with Crippen LogP contribution in [0.3, 0.4) is 0 Å². The smallest absolute Gasteiger partial charge is 0.337 e. The minimum Gasteiger partial charge on any atom is -0.465 e. The van der Waals surface area contributed by atoms with Crippen LogP contribution in [0.4, 0.5) is 0 Å². The van der Waals surface area contributed by atoms with Crippen LogP contribution in [-0.4, -0.2) is 49.6 Å². The monoisotopic (exact) mass is 403 g/mol. The molecule has 2 aliphatic rings. The van der Waals surface area contributed by atoms with Gasteiger partial charge in [0.2, 0.25) is 6.29 Å². The molecule has 1 saturated carbocycles. The fourth-order valence-corrected chi connectivity index (χ4v) is 3.59. The number of carbonyl (C=O) groups excluding carboxylic acids is 2.